The van der Waals surface area contributed by atoms with Crippen molar-refractivity contribution in [3.8, 4) is 0 Å². The van der Waals surface area contributed by atoms with Crippen LogP contribution >= 0.6 is 23.4 Å². The molecule has 82 valence electrons. The maximum Gasteiger partial charge on any atom is 0.220 e. The van der Waals surface area contributed by atoms with Gasteiger partial charge >= 0.3 is 0 Å². The quantitative estimate of drug-likeness (QED) is 0.630. The van der Waals surface area contributed by atoms with Gasteiger partial charge in [0.05, 0.1) is 0 Å². The number of nitrogens with two attached hydrogens (primary N) is 1. The lowest BCUT2D eigenvalue weighted by Gasteiger charge is -2.05. The Hall–Kier alpha value is -0.870. The summed E-state index contributed by atoms with van der Waals surface area (Å²) in [6, 6.07) is 5.33. The van der Waals surface area contributed by atoms with Gasteiger partial charge in [-0.25, -0.2) is 0 Å². The van der Waals surface area contributed by atoms with Crippen LogP contribution in [0.3, 0.4) is 0 Å². The molecule has 0 aromatic heterocycles. The number of anilines is 1. The molecule has 0 bridgehead atoms. The van der Waals surface area contributed by atoms with E-state index in [1.165, 1.54) is 11.8 Å². The SMILES string of the molecule is CNC(=O)CCSc1cc(Cl)ccc1N. The number of amides is 1. The average molecular weight is 245 g/mol. The zero-order chi connectivity index (χ0) is 11.3. The van der Waals surface area contributed by atoms with E-state index in [1.54, 1.807) is 19.2 Å². The molecule has 0 aliphatic rings. The number of rotatable bonds is 4. The molecule has 0 aliphatic carbocycles. The molecule has 1 aromatic carbocycles. The summed E-state index contributed by atoms with van der Waals surface area (Å²) in [7, 11) is 1.63. The maximum absolute atomic E-state index is 11.0. The van der Waals surface area contributed by atoms with Gasteiger partial charge in [-0.15, -0.1) is 11.8 Å². The highest BCUT2D eigenvalue weighted by atomic mass is 35.5. The summed E-state index contributed by atoms with van der Waals surface area (Å²) < 4.78 is 0. The van der Waals surface area contributed by atoms with E-state index < -0.39 is 0 Å². The highest BCUT2D eigenvalue weighted by molar-refractivity contribution is 7.99. The van der Waals surface area contributed by atoms with E-state index in [1.807, 2.05) is 6.07 Å². The van der Waals surface area contributed by atoms with Crippen LogP contribution in [-0.4, -0.2) is 18.7 Å². The van der Waals surface area contributed by atoms with Gasteiger partial charge in [-0.1, -0.05) is 11.6 Å². The third kappa shape index (κ3) is 4.01. The molecular weight excluding hydrogens is 232 g/mol. The molecule has 0 atom stereocenters. The van der Waals surface area contributed by atoms with Crippen molar-refractivity contribution in [3.63, 3.8) is 0 Å². The van der Waals surface area contributed by atoms with Crippen molar-refractivity contribution in [2.24, 2.45) is 0 Å². The number of hydrogen-bond donors (Lipinski definition) is 2. The monoisotopic (exact) mass is 244 g/mol. The van der Waals surface area contributed by atoms with Crippen molar-refractivity contribution >= 4 is 35.0 Å². The highest BCUT2D eigenvalue weighted by Gasteiger charge is 2.03. The molecule has 15 heavy (non-hydrogen) atoms. The Bertz CT molecular complexity index is 357. The van der Waals surface area contributed by atoms with Crippen LogP contribution in [0.1, 0.15) is 6.42 Å². The lowest BCUT2D eigenvalue weighted by Crippen LogP contribution is -2.17. The number of carbonyl (C=O) groups excluding carboxylic acids is 1. The average Bonchev–Trinajstić information content (AvgIpc) is 2.23. The lowest BCUT2D eigenvalue weighted by molar-refractivity contribution is -0.120. The van der Waals surface area contributed by atoms with Gasteiger partial charge in [-0.2, -0.15) is 0 Å². The van der Waals surface area contributed by atoms with Gasteiger partial charge in [-0.3, -0.25) is 4.79 Å². The highest BCUT2D eigenvalue weighted by Crippen LogP contribution is 2.28. The summed E-state index contributed by atoms with van der Waals surface area (Å²) >= 11 is 7.37. The molecule has 0 aliphatic heterocycles. The number of nitrogens with one attached hydrogen (secondary N) is 1. The molecule has 1 rings (SSSR count). The molecule has 0 spiro atoms. The van der Waals surface area contributed by atoms with Gasteiger partial charge < -0.3 is 11.1 Å². The van der Waals surface area contributed by atoms with Crippen LogP contribution in [-0.2, 0) is 4.79 Å². The Balaban J connectivity index is 2.50. The maximum atomic E-state index is 11.0. The van der Waals surface area contributed by atoms with E-state index in [2.05, 4.69) is 5.32 Å². The molecule has 0 saturated heterocycles. The minimum Gasteiger partial charge on any atom is -0.398 e. The predicted octanol–water partition coefficient (Wildman–Crippen LogP) is 2.15. The van der Waals surface area contributed by atoms with E-state index in [0.717, 1.165) is 4.90 Å². The summed E-state index contributed by atoms with van der Waals surface area (Å²) in [6.45, 7) is 0. The van der Waals surface area contributed by atoms with Gasteiger partial charge in [0.15, 0.2) is 0 Å². The second-order valence-electron chi connectivity index (χ2n) is 2.95. The largest absolute Gasteiger partial charge is 0.398 e. The molecule has 3 nitrogen and oxygen atoms in total. The number of thioether (sulfide) groups is 1. The Labute approximate surface area is 98.4 Å². The number of nitrogen functional groups attached to an aromatic ring is 1. The topological polar surface area (TPSA) is 55.1 Å². The number of benzene rings is 1. The normalized spacial score (nSPS) is 10.0. The minimum atomic E-state index is 0.0306. The molecule has 1 aromatic rings. The third-order valence-corrected chi connectivity index (χ3v) is 3.15. The van der Waals surface area contributed by atoms with Crippen molar-refractivity contribution < 1.29 is 4.79 Å². The molecule has 1 amide bonds. The standard InChI is InChI=1S/C10H13ClN2OS/c1-13-10(14)4-5-15-9-6-7(11)2-3-8(9)12/h2-3,6H,4-5,12H2,1H3,(H,13,14). The molecule has 0 heterocycles. The molecule has 0 unspecified atom stereocenters. The van der Waals surface area contributed by atoms with Crippen LogP contribution in [0.4, 0.5) is 5.69 Å². The van der Waals surface area contributed by atoms with E-state index in [0.29, 0.717) is 22.9 Å². The first kappa shape index (κ1) is 12.2. The molecule has 0 radical (unpaired) electrons. The van der Waals surface area contributed by atoms with Gasteiger partial charge in [0.2, 0.25) is 5.91 Å². The third-order valence-electron chi connectivity index (χ3n) is 1.84. The first-order chi connectivity index (χ1) is 7.13. The van der Waals surface area contributed by atoms with E-state index in [9.17, 15) is 4.79 Å². The van der Waals surface area contributed by atoms with Gasteiger partial charge in [0, 0.05) is 34.8 Å². The zero-order valence-corrected chi connectivity index (χ0v) is 9.99. The molecular formula is C10H13ClN2OS. The molecule has 0 fully saturated rings. The summed E-state index contributed by atoms with van der Waals surface area (Å²) in [4.78, 5) is 11.9. The van der Waals surface area contributed by atoms with Crippen LogP contribution < -0.4 is 11.1 Å². The van der Waals surface area contributed by atoms with Crippen molar-refractivity contribution in [1.29, 1.82) is 0 Å². The van der Waals surface area contributed by atoms with Crippen LogP contribution in [0.2, 0.25) is 5.02 Å². The summed E-state index contributed by atoms with van der Waals surface area (Å²) in [6.07, 6.45) is 0.479. The van der Waals surface area contributed by atoms with Crippen molar-refractivity contribution in [3.05, 3.63) is 23.2 Å². The number of carbonyl (C=O) groups is 1. The van der Waals surface area contributed by atoms with Crippen LogP contribution in [0.5, 0.6) is 0 Å². The van der Waals surface area contributed by atoms with Gasteiger partial charge in [-0.05, 0) is 18.2 Å². The summed E-state index contributed by atoms with van der Waals surface area (Å²) in [5.74, 6) is 0.729. The van der Waals surface area contributed by atoms with E-state index in [4.69, 9.17) is 17.3 Å². The first-order valence-electron chi connectivity index (χ1n) is 4.52. The molecule has 0 saturated carbocycles. The fourth-order valence-corrected chi connectivity index (χ4v) is 2.20. The summed E-state index contributed by atoms with van der Waals surface area (Å²) in [5.41, 5.74) is 6.45. The van der Waals surface area contributed by atoms with E-state index in [-0.39, 0.29) is 5.91 Å². The first-order valence-corrected chi connectivity index (χ1v) is 5.88. The summed E-state index contributed by atoms with van der Waals surface area (Å²) in [5, 5.41) is 3.23. The lowest BCUT2D eigenvalue weighted by atomic mass is 10.3. The van der Waals surface area contributed by atoms with Crippen molar-refractivity contribution in [2.45, 2.75) is 11.3 Å². The van der Waals surface area contributed by atoms with Crippen LogP contribution in [0, 0.1) is 0 Å². The fourth-order valence-electron chi connectivity index (χ4n) is 1.01. The predicted molar refractivity (Wildman–Crippen MR) is 65.3 cm³/mol. The number of hydrogen-bond acceptors (Lipinski definition) is 3. The minimum absolute atomic E-state index is 0.0306. The second kappa shape index (κ2) is 5.88. The number of halogens is 1. The Morgan fingerprint density at radius 1 is 1.60 bits per heavy atom. The van der Waals surface area contributed by atoms with Crippen molar-refractivity contribution in [2.75, 3.05) is 18.5 Å². The van der Waals surface area contributed by atoms with Gasteiger partial charge in [0.1, 0.15) is 0 Å². The zero-order valence-electron chi connectivity index (χ0n) is 8.42. The van der Waals surface area contributed by atoms with E-state index >= 15 is 0 Å². The molecule has 5 heteroatoms. The van der Waals surface area contributed by atoms with Crippen molar-refractivity contribution in [1.82, 2.24) is 5.32 Å². The smallest absolute Gasteiger partial charge is 0.220 e. The second-order valence-corrected chi connectivity index (χ2v) is 4.53. The Kier molecular flexibility index (Phi) is 4.78. The van der Waals surface area contributed by atoms with Gasteiger partial charge in [0.25, 0.3) is 0 Å². The van der Waals surface area contributed by atoms with Crippen LogP contribution in [0.25, 0.3) is 0 Å². The van der Waals surface area contributed by atoms with Crippen LogP contribution in [0.15, 0.2) is 23.1 Å². The fraction of sp³-hybridized carbons (Fsp3) is 0.300. The Morgan fingerprint density at radius 2 is 2.33 bits per heavy atom. The Morgan fingerprint density at radius 3 is 3.00 bits per heavy atom. The molecule has 3 N–H and O–H groups in total.